The van der Waals surface area contributed by atoms with Gasteiger partial charge in [-0.3, -0.25) is 4.79 Å². The van der Waals surface area contributed by atoms with E-state index in [1.165, 1.54) is 18.2 Å². The van der Waals surface area contributed by atoms with Gasteiger partial charge in [0.1, 0.15) is 10.9 Å². The summed E-state index contributed by atoms with van der Waals surface area (Å²) in [5.41, 5.74) is 0. The first-order chi connectivity index (χ1) is 11.7. The molecule has 0 aromatic heterocycles. The predicted octanol–water partition coefficient (Wildman–Crippen LogP) is 3.70. The molecular formula is C16H24Cl2N2O3S2. The second kappa shape index (κ2) is 10.6. The highest BCUT2D eigenvalue weighted by Crippen LogP contribution is 2.25. The van der Waals surface area contributed by atoms with Crippen molar-refractivity contribution >= 4 is 50.9 Å². The summed E-state index contributed by atoms with van der Waals surface area (Å²) in [4.78, 5) is 12.4. The molecule has 25 heavy (non-hydrogen) atoms. The molecule has 0 bridgehead atoms. The lowest BCUT2D eigenvalue weighted by Crippen LogP contribution is -2.49. The van der Waals surface area contributed by atoms with Crippen LogP contribution in [0, 0.1) is 0 Å². The zero-order valence-electron chi connectivity index (χ0n) is 14.5. The Morgan fingerprint density at radius 2 is 1.96 bits per heavy atom. The highest BCUT2D eigenvalue weighted by atomic mass is 35.5. The van der Waals surface area contributed by atoms with Crippen molar-refractivity contribution in [2.75, 3.05) is 12.0 Å². The van der Waals surface area contributed by atoms with Crippen molar-refractivity contribution in [2.45, 2.75) is 50.1 Å². The van der Waals surface area contributed by atoms with Crippen LogP contribution in [0.1, 0.15) is 33.1 Å². The lowest BCUT2D eigenvalue weighted by Gasteiger charge is -2.21. The molecule has 1 aromatic rings. The maximum atomic E-state index is 12.7. The zero-order chi connectivity index (χ0) is 19.0. The third-order valence-electron chi connectivity index (χ3n) is 3.52. The van der Waals surface area contributed by atoms with E-state index in [9.17, 15) is 13.2 Å². The van der Waals surface area contributed by atoms with E-state index in [-0.39, 0.29) is 26.9 Å². The smallest absolute Gasteiger partial charge is 0.242 e. The molecule has 1 amide bonds. The summed E-state index contributed by atoms with van der Waals surface area (Å²) in [5.74, 6) is 0.309. The van der Waals surface area contributed by atoms with Gasteiger partial charge in [0.05, 0.1) is 5.02 Å². The van der Waals surface area contributed by atoms with Gasteiger partial charge in [-0.15, -0.1) is 0 Å². The van der Waals surface area contributed by atoms with Gasteiger partial charge in [0.25, 0.3) is 0 Å². The number of sulfonamides is 1. The summed E-state index contributed by atoms with van der Waals surface area (Å²) in [6.45, 7) is 3.92. The fraction of sp³-hybridized carbons (Fsp3) is 0.562. The van der Waals surface area contributed by atoms with Crippen LogP contribution in [0.4, 0.5) is 0 Å². The molecule has 2 unspecified atom stereocenters. The number of nitrogens with one attached hydrogen (secondary N) is 2. The minimum atomic E-state index is -3.97. The number of carbonyl (C=O) groups excluding carboxylic acids is 1. The highest BCUT2D eigenvalue weighted by Gasteiger charge is 2.27. The van der Waals surface area contributed by atoms with Crippen LogP contribution in [0.25, 0.3) is 0 Å². The van der Waals surface area contributed by atoms with E-state index < -0.39 is 16.1 Å². The third kappa shape index (κ3) is 7.35. The second-order valence-electron chi connectivity index (χ2n) is 5.73. The lowest BCUT2D eigenvalue weighted by molar-refractivity contribution is -0.123. The standard InChI is InChI=1S/C16H24Cl2N2O3S2/c1-4-5-11(2)19-16(21)14(8-9-24-3)20-25(22,23)15-10-12(17)6-7-13(15)18/h6-7,10-11,14,20H,4-5,8-9H2,1-3H3,(H,19,21). The van der Waals surface area contributed by atoms with Gasteiger partial charge < -0.3 is 5.32 Å². The second-order valence-corrected chi connectivity index (χ2v) is 9.24. The average molecular weight is 427 g/mol. The van der Waals surface area contributed by atoms with Crippen LogP contribution in [0.5, 0.6) is 0 Å². The van der Waals surface area contributed by atoms with Crippen LogP contribution in [-0.4, -0.2) is 38.4 Å². The first-order valence-electron chi connectivity index (χ1n) is 7.98. The van der Waals surface area contributed by atoms with Gasteiger partial charge in [0.2, 0.25) is 15.9 Å². The average Bonchev–Trinajstić information content (AvgIpc) is 2.53. The van der Waals surface area contributed by atoms with E-state index in [2.05, 4.69) is 10.0 Å². The molecule has 0 aliphatic heterocycles. The summed E-state index contributed by atoms with van der Waals surface area (Å²) in [6.07, 6.45) is 4.04. The molecule has 0 saturated carbocycles. The van der Waals surface area contributed by atoms with Gasteiger partial charge in [-0.2, -0.15) is 16.5 Å². The Labute approximate surface area is 164 Å². The van der Waals surface area contributed by atoms with Crippen LogP contribution >= 0.6 is 35.0 Å². The monoisotopic (exact) mass is 426 g/mol. The minimum absolute atomic E-state index is 0.0199. The van der Waals surface area contributed by atoms with Crippen LogP contribution in [0.3, 0.4) is 0 Å². The summed E-state index contributed by atoms with van der Waals surface area (Å²) in [6, 6.07) is 3.31. The first-order valence-corrected chi connectivity index (χ1v) is 11.6. The van der Waals surface area contributed by atoms with E-state index in [4.69, 9.17) is 23.2 Å². The molecule has 0 fully saturated rings. The SMILES string of the molecule is CCCC(C)NC(=O)C(CCSC)NS(=O)(=O)c1cc(Cl)ccc1Cl. The summed E-state index contributed by atoms with van der Waals surface area (Å²) >= 11 is 13.4. The lowest BCUT2D eigenvalue weighted by atomic mass is 10.1. The Kier molecular flexibility index (Phi) is 9.59. The van der Waals surface area contributed by atoms with Crippen LogP contribution in [-0.2, 0) is 14.8 Å². The number of hydrogen-bond donors (Lipinski definition) is 2. The van der Waals surface area contributed by atoms with Crippen molar-refractivity contribution in [3.05, 3.63) is 28.2 Å². The van der Waals surface area contributed by atoms with Gasteiger partial charge in [0.15, 0.2) is 0 Å². The quantitative estimate of drug-likeness (QED) is 0.597. The fourth-order valence-corrected chi connectivity index (χ4v) is 4.73. The molecule has 9 heteroatoms. The van der Waals surface area contributed by atoms with E-state index in [1.54, 1.807) is 11.8 Å². The van der Waals surface area contributed by atoms with Gasteiger partial charge in [-0.25, -0.2) is 8.42 Å². The fourth-order valence-electron chi connectivity index (χ4n) is 2.26. The molecule has 5 nitrogen and oxygen atoms in total. The van der Waals surface area contributed by atoms with Crippen LogP contribution in [0.15, 0.2) is 23.1 Å². The molecule has 0 radical (unpaired) electrons. The summed E-state index contributed by atoms with van der Waals surface area (Å²) in [5, 5.41) is 3.17. The molecular weight excluding hydrogens is 403 g/mol. The van der Waals surface area contributed by atoms with Crippen LogP contribution < -0.4 is 10.0 Å². The predicted molar refractivity (Wildman–Crippen MR) is 106 cm³/mol. The molecule has 142 valence electrons. The van der Waals surface area contributed by atoms with Crippen molar-refractivity contribution in [3.8, 4) is 0 Å². The number of benzene rings is 1. The molecule has 2 atom stereocenters. The van der Waals surface area contributed by atoms with E-state index in [1.807, 2.05) is 20.1 Å². The van der Waals surface area contributed by atoms with Crippen molar-refractivity contribution < 1.29 is 13.2 Å². The van der Waals surface area contributed by atoms with Crippen molar-refractivity contribution in [2.24, 2.45) is 0 Å². The van der Waals surface area contributed by atoms with Crippen molar-refractivity contribution in [1.82, 2.24) is 10.0 Å². The number of amides is 1. The Morgan fingerprint density at radius 3 is 2.56 bits per heavy atom. The van der Waals surface area contributed by atoms with Gasteiger partial charge in [-0.05, 0) is 50.0 Å². The third-order valence-corrected chi connectivity index (χ3v) is 6.35. The zero-order valence-corrected chi connectivity index (χ0v) is 17.7. The van der Waals surface area contributed by atoms with E-state index in [0.717, 1.165) is 12.8 Å². The number of carbonyl (C=O) groups is 1. The molecule has 0 aliphatic carbocycles. The Balaban J connectivity index is 2.99. The van der Waals surface area contributed by atoms with Gasteiger partial charge in [0, 0.05) is 11.1 Å². The molecule has 2 N–H and O–H groups in total. The topological polar surface area (TPSA) is 75.3 Å². The first kappa shape index (κ1) is 22.6. The molecule has 1 aromatic carbocycles. The Bertz CT molecular complexity index is 684. The van der Waals surface area contributed by atoms with E-state index >= 15 is 0 Å². The maximum absolute atomic E-state index is 12.7. The molecule has 1 rings (SSSR count). The number of halogens is 2. The Morgan fingerprint density at radius 1 is 1.28 bits per heavy atom. The van der Waals surface area contributed by atoms with Crippen molar-refractivity contribution in [3.63, 3.8) is 0 Å². The molecule has 0 spiro atoms. The van der Waals surface area contributed by atoms with Crippen LogP contribution in [0.2, 0.25) is 10.0 Å². The number of rotatable bonds is 10. The van der Waals surface area contributed by atoms with Crippen molar-refractivity contribution in [1.29, 1.82) is 0 Å². The highest BCUT2D eigenvalue weighted by molar-refractivity contribution is 7.98. The molecule has 0 saturated heterocycles. The maximum Gasteiger partial charge on any atom is 0.242 e. The molecule has 0 aliphatic rings. The Hall–Kier alpha value is -0.470. The normalized spacial score (nSPS) is 14.1. The summed E-state index contributed by atoms with van der Waals surface area (Å²) in [7, 11) is -3.97. The van der Waals surface area contributed by atoms with Gasteiger partial charge >= 0.3 is 0 Å². The summed E-state index contributed by atoms with van der Waals surface area (Å²) < 4.78 is 27.8. The van der Waals surface area contributed by atoms with E-state index in [0.29, 0.717) is 12.2 Å². The minimum Gasteiger partial charge on any atom is -0.352 e. The molecule has 0 heterocycles. The van der Waals surface area contributed by atoms with Gasteiger partial charge in [-0.1, -0.05) is 36.5 Å². The number of thioether (sulfide) groups is 1. The largest absolute Gasteiger partial charge is 0.352 e. The number of hydrogen-bond acceptors (Lipinski definition) is 4.